The largest absolute Gasteiger partial charge is 0.506 e. The number of hydrogen-bond acceptors (Lipinski definition) is 4. The number of rotatable bonds is 1. The quantitative estimate of drug-likeness (QED) is 0.796. The first-order chi connectivity index (χ1) is 7.58. The van der Waals surface area contributed by atoms with Crippen LogP contribution in [0.1, 0.15) is 5.56 Å². The van der Waals surface area contributed by atoms with Crippen molar-refractivity contribution < 1.29 is 5.11 Å². The second-order valence-electron chi connectivity index (χ2n) is 3.43. The van der Waals surface area contributed by atoms with Crippen molar-refractivity contribution in [3.63, 3.8) is 0 Å². The number of nitrogens with two attached hydrogens (primary N) is 1. The first-order valence-corrected chi connectivity index (χ1v) is 5.03. The molecular formula is C11H10ClN3O. The van der Waals surface area contributed by atoms with Gasteiger partial charge in [0.05, 0.1) is 5.02 Å². The Balaban J connectivity index is 2.57. The van der Waals surface area contributed by atoms with Crippen LogP contribution in [0.3, 0.4) is 0 Å². The molecule has 3 N–H and O–H groups in total. The lowest BCUT2D eigenvalue weighted by molar-refractivity contribution is 0.471. The lowest BCUT2D eigenvalue weighted by Crippen LogP contribution is -1.94. The molecule has 0 unspecified atom stereocenters. The first-order valence-electron chi connectivity index (χ1n) is 4.66. The van der Waals surface area contributed by atoms with Crippen molar-refractivity contribution in [3.05, 3.63) is 35.0 Å². The third kappa shape index (κ3) is 1.92. The molecule has 1 heterocycles. The summed E-state index contributed by atoms with van der Waals surface area (Å²) in [5, 5.41) is 9.81. The lowest BCUT2D eigenvalue weighted by Gasteiger charge is -2.05. The summed E-state index contributed by atoms with van der Waals surface area (Å²) in [5.41, 5.74) is 6.97. The van der Waals surface area contributed by atoms with Crippen molar-refractivity contribution in [2.45, 2.75) is 6.92 Å². The fraction of sp³-hybridized carbons (Fsp3) is 0.0909. The number of aromatic hydroxyl groups is 1. The molecule has 0 aliphatic rings. The predicted molar refractivity (Wildman–Crippen MR) is 63.3 cm³/mol. The van der Waals surface area contributed by atoms with Gasteiger partial charge in [-0.2, -0.15) is 0 Å². The number of hydrogen-bond donors (Lipinski definition) is 2. The van der Waals surface area contributed by atoms with E-state index in [1.165, 1.54) is 0 Å². The highest BCUT2D eigenvalue weighted by atomic mass is 35.5. The molecule has 5 heteroatoms. The highest BCUT2D eigenvalue weighted by Gasteiger charge is 2.08. The molecule has 0 atom stereocenters. The third-order valence-corrected chi connectivity index (χ3v) is 2.48. The third-order valence-electron chi connectivity index (χ3n) is 2.19. The van der Waals surface area contributed by atoms with Crippen LogP contribution in [-0.4, -0.2) is 15.1 Å². The van der Waals surface area contributed by atoms with Crippen LogP contribution in [-0.2, 0) is 0 Å². The van der Waals surface area contributed by atoms with Crippen molar-refractivity contribution in [2.24, 2.45) is 0 Å². The van der Waals surface area contributed by atoms with Crippen LogP contribution in [0.15, 0.2) is 24.4 Å². The molecule has 0 spiro atoms. The summed E-state index contributed by atoms with van der Waals surface area (Å²) in [5.74, 6) is 0.964. The zero-order chi connectivity index (χ0) is 11.7. The number of phenolic OH excluding ortho intramolecular Hbond substituents is 1. The van der Waals surface area contributed by atoms with Crippen molar-refractivity contribution in [1.29, 1.82) is 0 Å². The molecule has 4 nitrogen and oxygen atoms in total. The van der Waals surface area contributed by atoms with Crippen LogP contribution in [0.2, 0.25) is 5.02 Å². The minimum atomic E-state index is 0.0781. The van der Waals surface area contributed by atoms with Gasteiger partial charge >= 0.3 is 0 Å². The van der Waals surface area contributed by atoms with Gasteiger partial charge in [0.25, 0.3) is 0 Å². The van der Waals surface area contributed by atoms with E-state index in [4.69, 9.17) is 17.3 Å². The predicted octanol–water partition coefficient (Wildman–Crippen LogP) is 2.39. The molecule has 82 valence electrons. The molecule has 16 heavy (non-hydrogen) atoms. The number of aromatic nitrogens is 2. The summed E-state index contributed by atoms with van der Waals surface area (Å²) in [4.78, 5) is 8.17. The van der Waals surface area contributed by atoms with Crippen molar-refractivity contribution in [1.82, 2.24) is 9.97 Å². The van der Waals surface area contributed by atoms with Crippen LogP contribution >= 0.6 is 11.6 Å². The van der Waals surface area contributed by atoms with E-state index in [-0.39, 0.29) is 10.8 Å². The lowest BCUT2D eigenvalue weighted by atomic mass is 10.1. The minimum Gasteiger partial charge on any atom is -0.506 e. The topological polar surface area (TPSA) is 72.0 Å². The Kier molecular flexibility index (Phi) is 2.66. The molecule has 2 rings (SSSR count). The highest BCUT2D eigenvalue weighted by Crippen LogP contribution is 2.31. The van der Waals surface area contributed by atoms with Crippen molar-refractivity contribution in [2.75, 3.05) is 5.73 Å². The molecular weight excluding hydrogens is 226 g/mol. The van der Waals surface area contributed by atoms with E-state index in [9.17, 15) is 5.11 Å². The van der Waals surface area contributed by atoms with Gasteiger partial charge in [0.2, 0.25) is 0 Å². The van der Waals surface area contributed by atoms with E-state index in [1.54, 1.807) is 31.3 Å². The van der Waals surface area contributed by atoms with Gasteiger partial charge in [0, 0.05) is 11.8 Å². The van der Waals surface area contributed by atoms with Crippen LogP contribution in [0.4, 0.5) is 5.82 Å². The van der Waals surface area contributed by atoms with Crippen LogP contribution < -0.4 is 5.73 Å². The van der Waals surface area contributed by atoms with Crippen molar-refractivity contribution in [3.8, 4) is 17.1 Å². The van der Waals surface area contributed by atoms with Gasteiger partial charge in [0.15, 0.2) is 5.82 Å². The maximum atomic E-state index is 9.53. The zero-order valence-corrected chi connectivity index (χ0v) is 9.36. The van der Waals surface area contributed by atoms with Gasteiger partial charge in [-0.25, -0.2) is 9.97 Å². The Bertz CT molecular complexity index is 519. The van der Waals surface area contributed by atoms with E-state index < -0.39 is 0 Å². The second-order valence-corrected chi connectivity index (χ2v) is 3.84. The van der Waals surface area contributed by atoms with Crippen LogP contribution in [0, 0.1) is 6.92 Å². The number of benzene rings is 1. The maximum absolute atomic E-state index is 9.53. The molecule has 1 aromatic carbocycles. The number of nitrogen functional groups attached to an aromatic ring is 1. The highest BCUT2D eigenvalue weighted by molar-refractivity contribution is 6.32. The van der Waals surface area contributed by atoms with Crippen LogP contribution in [0.25, 0.3) is 11.4 Å². The molecule has 0 aliphatic carbocycles. The van der Waals surface area contributed by atoms with E-state index in [0.717, 1.165) is 5.56 Å². The summed E-state index contributed by atoms with van der Waals surface area (Å²) in [6, 6.07) is 4.98. The van der Waals surface area contributed by atoms with E-state index in [2.05, 4.69) is 9.97 Å². The Hall–Kier alpha value is -1.81. The summed E-state index contributed by atoms with van der Waals surface area (Å²) >= 11 is 5.87. The Morgan fingerprint density at radius 1 is 1.38 bits per heavy atom. The van der Waals surface area contributed by atoms with Gasteiger partial charge in [0.1, 0.15) is 11.6 Å². The number of nitrogens with zero attached hydrogens (tertiary/aromatic N) is 2. The number of aryl methyl sites for hydroxylation is 1. The van der Waals surface area contributed by atoms with E-state index in [1.807, 2.05) is 0 Å². The van der Waals surface area contributed by atoms with Gasteiger partial charge in [-0.1, -0.05) is 11.6 Å². The van der Waals surface area contributed by atoms with Crippen molar-refractivity contribution >= 4 is 17.4 Å². The standard InChI is InChI=1S/C11H10ClN3O/c1-6-4-7(5-8(12)10(6)16)11-14-3-2-9(13)15-11/h2-5,16H,1H3,(H2,13,14,15). The Labute approximate surface area is 97.7 Å². The summed E-state index contributed by atoms with van der Waals surface area (Å²) < 4.78 is 0. The fourth-order valence-electron chi connectivity index (χ4n) is 1.38. The average Bonchev–Trinajstić information content (AvgIpc) is 2.25. The average molecular weight is 236 g/mol. The van der Waals surface area contributed by atoms with Gasteiger partial charge < -0.3 is 10.8 Å². The van der Waals surface area contributed by atoms with Crippen LogP contribution in [0.5, 0.6) is 5.75 Å². The summed E-state index contributed by atoms with van der Waals surface area (Å²) in [7, 11) is 0. The molecule has 1 aromatic heterocycles. The number of phenols is 1. The normalized spacial score (nSPS) is 10.4. The van der Waals surface area contributed by atoms with Gasteiger partial charge in [-0.3, -0.25) is 0 Å². The van der Waals surface area contributed by atoms with E-state index in [0.29, 0.717) is 17.2 Å². The van der Waals surface area contributed by atoms with E-state index >= 15 is 0 Å². The summed E-state index contributed by atoms with van der Waals surface area (Å²) in [6.45, 7) is 1.76. The number of halogens is 1. The molecule has 0 bridgehead atoms. The Morgan fingerprint density at radius 3 is 2.75 bits per heavy atom. The molecule has 0 aliphatic heterocycles. The smallest absolute Gasteiger partial charge is 0.161 e. The maximum Gasteiger partial charge on any atom is 0.161 e. The first kappa shape index (κ1) is 10.7. The Morgan fingerprint density at radius 2 is 2.12 bits per heavy atom. The summed E-state index contributed by atoms with van der Waals surface area (Å²) in [6.07, 6.45) is 1.58. The van der Waals surface area contributed by atoms with Gasteiger partial charge in [-0.05, 0) is 30.7 Å². The van der Waals surface area contributed by atoms with Gasteiger partial charge in [-0.15, -0.1) is 0 Å². The molecule has 0 amide bonds. The molecule has 0 fully saturated rings. The SMILES string of the molecule is Cc1cc(-c2nccc(N)n2)cc(Cl)c1O. The monoisotopic (exact) mass is 235 g/mol. The molecule has 2 aromatic rings. The molecule has 0 radical (unpaired) electrons. The molecule has 0 saturated carbocycles. The second kappa shape index (κ2) is 3.98. The number of anilines is 1. The minimum absolute atomic E-state index is 0.0781. The fourth-order valence-corrected chi connectivity index (χ4v) is 1.64. The molecule has 0 saturated heterocycles. The zero-order valence-electron chi connectivity index (χ0n) is 8.61.